The molecule has 0 atom stereocenters. The highest BCUT2D eigenvalue weighted by atomic mass is 32.1. The first-order valence-electron chi connectivity index (χ1n) is 3.16. The molecule has 1 rings (SSSR count). The van der Waals surface area contributed by atoms with E-state index in [9.17, 15) is 8.78 Å². The molecule has 0 aliphatic carbocycles. The second kappa shape index (κ2) is 4.62. The number of nitrogens with zero attached hydrogens (tertiary/aromatic N) is 1. The van der Waals surface area contributed by atoms with Crippen LogP contribution < -0.4 is 4.74 Å². The summed E-state index contributed by atoms with van der Waals surface area (Å²) >= 11 is 1.19. The van der Waals surface area contributed by atoms with Crippen LogP contribution in [0.4, 0.5) is 8.78 Å². The normalized spacial score (nSPS) is 9.23. The zero-order valence-electron chi connectivity index (χ0n) is 6.58. The van der Waals surface area contributed by atoms with Crippen molar-refractivity contribution in [2.75, 3.05) is 7.11 Å². The molecule has 1 heterocycles. The standard InChI is InChI=1S/C7H5F2NO2S/c1-11-5-4-13-6(10-5)2-3-12-7(8)9/h4,7H,1H3. The minimum absolute atomic E-state index is 0.373. The number of hydrogen-bond donors (Lipinski definition) is 0. The lowest BCUT2D eigenvalue weighted by Gasteiger charge is -1.89. The smallest absolute Gasteiger partial charge is 0.395 e. The number of ether oxygens (including phenoxy) is 2. The molecule has 0 saturated carbocycles. The number of aromatic nitrogens is 1. The lowest BCUT2D eigenvalue weighted by molar-refractivity contribution is -0.0720. The number of rotatable bonds is 2. The molecule has 6 heteroatoms. The lowest BCUT2D eigenvalue weighted by Crippen LogP contribution is -1.90. The highest BCUT2D eigenvalue weighted by Gasteiger charge is 1.99. The van der Waals surface area contributed by atoms with Crippen LogP contribution in [0, 0.1) is 12.0 Å². The summed E-state index contributed by atoms with van der Waals surface area (Å²) in [5, 5.41) is 1.99. The van der Waals surface area contributed by atoms with Gasteiger partial charge in [-0.15, -0.1) is 11.3 Å². The minimum atomic E-state index is -2.88. The Morgan fingerprint density at radius 3 is 2.92 bits per heavy atom. The minimum Gasteiger partial charge on any atom is -0.480 e. The first kappa shape index (κ1) is 9.74. The molecule has 3 nitrogen and oxygen atoms in total. The van der Waals surface area contributed by atoms with Gasteiger partial charge in [-0.25, -0.2) is 0 Å². The van der Waals surface area contributed by atoms with Gasteiger partial charge in [0.05, 0.1) is 12.5 Å². The third kappa shape index (κ3) is 3.25. The highest BCUT2D eigenvalue weighted by Crippen LogP contribution is 2.14. The molecule has 1 aromatic rings. The van der Waals surface area contributed by atoms with Crippen molar-refractivity contribution < 1.29 is 18.3 Å². The lowest BCUT2D eigenvalue weighted by atomic mass is 10.7. The molecule has 0 saturated heterocycles. The van der Waals surface area contributed by atoms with Gasteiger partial charge in [0, 0.05) is 5.92 Å². The van der Waals surface area contributed by atoms with Crippen molar-refractivity contribution in [2.45, 2.75) is 6.61 Å². The topological polar surface area (TPSA) is 31.4 Å². The van der Waals surface area contributed by atoms with E-state index in [1.165, 1.54) is 18.4 Å². The Labute approximate surface area is 77.3 Å². The Kier molecular flexibility index (Phi) is 3.46. The Balaban J connectivity index is 2.56. The Morgan fingerprint density at radius 1 is 1.62 bits per heavy atom. The number of methoxy groups -OCH3 is 1. The maximum Gasteiger partial charge on any atom is 0.395 e. The van der Waals surface area contributed by atoms with Crippen molar-refractivity contribution in [1.29, 1.82) is 0 Å². The molecule has 1 aromatic heterocycles. The molecule has 0 N–H and O–H groups in total. The molecule has 70 valence electrons. The predicted octanol–water partition coefficient (Wildman–Crippen LogP) is 1.70. The van der Waals surface area contributed by atoms with Crippen LogP contribution >= 0.6 is 11.3 Å². The maximum absolute atomic E-state index is 11.4. The van der Waals surface area contributed by atoms with Crippen LogP contribution in [0.1, 0.15) is 5.01 Å². The van der Waals surface area contributed by atoms with Gasteiger partial charge in [0.1, 0.15) is 6.11 Å². The number of thiazole rings is 1. The summed E-state index contributed by atoms with van der Waals surface area (Å²) in [6.45, 7) is -2.88. The predicted molar refractivity (Wildman–Crippen MR) is 42.6 cm³/mol. The zero-order chi connectivity index (χ0) is 9.68. The van der Waals surface area contributed by atoms with Crippen LogP contribution in [-0.2, 0) is 4.74 Å². The van der Waals surface area contributed by atoms with E-state index in [4.69, 9.17) is 4.74 Å². The summed E-state index contributed by atoms with van der Waals surface area (Å²) in [5.41, 5.74) is 0. The molecule has 0 unspecified atom stereocenters. The van der Waals surface area contributed by atoms with Crippen molar-refractivity contribution in [1.82, 2.24) is 4.98 Å². The molecule has 0 bridgehead atoms. The van der Waals surface area contributed by atoms with Crippen LogP contribution in [0.5, 0.6) is 5.88 Å². The van der Waals surface area contributed by atoms with Crippen LogP contribution in [-0.4, -0.2) is 18.7 Å². The van der Waals surface area contributed by atoms with Gasteiger partial charge in [0.15, 0.2) is 5.01 Å². The van der Waals surface area contributed by atoms with Crippen molar-refractivity contribution in [3.05, 3.63) is 10.4 Å². The van der Waals surface area contributed by atoms with E-state index in [0.29, 0.717) is 10.9 Å². The number of alkyl halides is 2. The van der Waals surface area contributed by atoms with Crippen molar-refractivity contribution in [3.8, 4) is 17.9 Å². The van der Waals surface area contributed by atoms with Gasteiger partial charge in [0.25, 0.3) is 0 Å². The summed E-state index contributed by atoms with van der Waals surface area (Å²) < 4.78 is 31.4. The molecular weight excluding hydrogens is 200 g/mol. The summed E-state index contributed by atoms with van der Waals surface area (Å²) in [6, 6.07) is 0. The van der Waals surface area contributed by atoms with E-state index in [-0.39, 0.29) is 0 Å². The van der Waals surface area contributed by atoms with E-state index >= 15 is 0 Å². The monoisotopic (exact) mass is 205 g/mol. The second-order valence-corrected chi connectivity index (χ2v) is 2.66. The average Bonchev–Trinajstić information content (AvgIpc) is 2.52. The largest absolute Gasteiger partial charge is 0.480 e. The molecule has 0 spiro atoms. The van der Waals surface area contributed by atoms with Gasteiger partial charge in [-0.3, -0.25) is 0 Å². The molecule has 0 radical (unpaired) electrons. The fourth-order valence-corrected chi connectivity index (χ4v) is 1.13. The van der Waals surface area contributed by atoms with Crippen LogP contribution in [0.3, 0.4) is 0 Å². The van der Waals surface area contributed by atoms with Crippen LogP contribution in [0.15, 0.2) is 5.38 Å². The van der Waals surface area contributed by atoms with Gasteiger partial charge < -0.3 is 9.47 Å². The number of halogens is 2. The quantitative estimate of drug-likeness (QED) is 0.688. The second-order valence-electron chi connectivity index (χ2n) is 1.80. The van der Waals surface area contributed by atoms with E-state index in [1.54, 1.807) is 5.38 Å². The van der Waals surface area contributed by atoms with E-state index in [1.807, 2.05) is 6.11 Å². The van der Waals surface area contributed by atoms with E-state index in [0.717, 1.165) is 0 Å². The molecule has 0 amide bonds. The zero-order valence-corrected chi connectivity index (χ0v) is 7.40. The summed E-state index contributed by atoms with van der Waals surface area (Å²) in [4.78, 5) is 3.82. The summed E-state index contributed by atoms with van der Waals surface area (Å²) in [7, 11) is 1.46. The summed E-state index contributed by atoms with van der Waals surface area (Å²) in [6.07, 6.45) is 1.83. The molecule has 0 aliphatic rings. The Hall–Kier alpha value is -1.35. The van der Waals surface area contributed by atoms with Crippen molar-refractivity contribution in [2.24, 2.45) is 0 Å². The summed E-state index contributed by atoms with van der Waals surface area (Å²) in [5.74, 6) is 2.71. The van der Waals surface area contributed by atoms with Gasteiger partial charge in [-0.1, -0.05) is 0 Å². The fourth-order valence-electron chi connectivity index (χ4n) is 0.528. The fraction of sp³-hybridized carbons (Fsp3) is 0.286. The third-order valence-corrected chi connectivity index (χ3v) is 1.73. The molecule has 0 aliphatic heterocycles. The van der Waals surface area contributed by atoms with Gasteiger partial charge in [-0.2, -0.15) is 13.8 Å². The SMILES string of the molecule is COc1csc(C#COC(F)F)n1. The Morgan fingerprint density at radius 2 is 2.38 bits per heavy atom. The average molecular weight is 205 g/mol. The van der Waals surface area contributed by atoms with Crippen molar-refractivity contribution >= 4 is 11.3 Å². The molecular formula is C7H5F2NO2S. The van der Waals surface area contributed by atoms with E-state index < -0.39 is 6.61 Å². The first-order valence-corrected chi connectivity index (χ1v) is 4.04. The first-order chi connectivity index (χ1) is 6.22. The van der Waals surface area contributed by atoms with Crippen LogP contribution in [0.25, 0.3) is 0 Å². The van der Waals surface area contributed by atoms with E-state index in [2.05, 4.69) is 15.6 Å². The van der Waals surface area contributed by atoms with Gasteiger partial charge >= 0.3 is 6.61 Å². The third-order valence-electron chi connectivity index (χ3n) is 0.998. The van der Waals surface area contributed by atoms with Gasteiger partial charge in [0.2, 0.25) is 5.88 Å². The highest BCUT2D eigenvalue weighted by molar-refractivity contribution is 7.10. The maximum atomic E-state index is 11.4. The molecule has 0 aromatic carbocycles. The van der Waals surface area contributed by atoms with Crippen LogP contribution in [0.2, 0.25) is 0 Å². The number of hydrogen-bond acceptors (Lipinski definition) is 4. The molecule has 0 fully saturated rings. The molecule has 13 heavy (non-hydrogen) atoms. The Bertz CT molecular complexity index is 329. The van der Waals surface area contributed by atoms with Gasteiger partial charge in [-0.05, 0) is 0 Å². The van der Waals surface area contributed by atoms with Crippen molar-refractivity contribution in [3.63, 3.8) is 0 Å².